The third kappa shape index (κ3) is 3.05. The van der Waals surface area contributed by atoms with Gasteiger partial charge in [-0.3, -0.25) is 0 Å². The lowest BCUT2D eigenvalue weighted by atomic mass is 9.91. The average Bonchev–Trinajstić information content (AvgIpc) is 2.85. The normalized spacial score (nSPS) is 27.6. The number of rotatable bonds is 4. The molecule has 0 aromatic carbocycles. The zero-order valence-corrected chi connectivity index (χ0v) is 12.9. The molecule has 2 aliphatic heterocycles. The standard InChI is InChI=1S/C14H24N2O3S/c1-2-6-14(12(17)18)7-3-8-16(14)13(19)15-11-4-9-20-10-5-11/h11H,2-10H2,1H3,(H,15,19)(H,17,18). The lowest BCUT2D eigenvalue weighted by Crippen LogP contribution is -2.57. The molecule has 0 bridgehead atoms. The number of hydrogen-bond donors (Lipinski definition) is 2. The third-order valence-corrected chi connectivity index (χ3v) is 5.39. The number of hydrogen-bond acceptors (Lipinski definition) is 3. The number of carboxylic acids is 1. The van der Waals surface area contributed by atoms with E-state index >= 15 is 0 Å². The highest BCUT2D eigenvalue weighted by Gasteiger charge is 2.49. The molecule has 0 spiro atoms. The summed E-state index contributed by atoms with van der Waals surface area (Å²) in [7, 11) is 0. The summed E-state index contributed by atoms with van der Waals surface area (Å²) in [6.45, 7) is 2.52. The van der Waals surface area contributed by atoms with Crippen molar-refractivity contribution in [1.29, 1.82) is 0 Å². The van der Waals surface area contributed by atoms with Gasteiger partial charge in [-0.1, -0.05) is 13.3 Å². The van der Waals surface area contributed by atoms with Crippen LogP contribution >= 0.6 is 11.8 Å². The summed E-state index contributed by atoms with van der Waals surface area (Å²) in [6, 6.07) is 0.0210. The molecule has 0 saturated carbocycles. The van der Waals surface area contributed by atoms with Gasteiger partial charge in [0.15, 0.2) is 0 Å². The summed E-state index contributed by atoms with van der Waals surface area (Å²) in [5.41, 5.74) is -0.984. The van der Waals surface area contributed by atoms with E-state index in [1.165, 1.54) is 0 Å². The summed E-state index contributed by atoms with van der Waals surface area (Å²) in [5.74, 6) is 1.29. The van der Waals surface area contributed by atoms with Crippen LogP contribution in [0.2, 0.25) is 0 Å². The Hall–Kier alpha value is -0.910. The molecule has 6 heteroatoms. The smallest absolute Gasteiger partial charge is 0.329 e. The number of carbonyl (C=O) groups is 2. The molecule has 0 aliphatic carbocycles. The van der Waals surface area contributed by atoms with Gasteiger partial charge in [0, 0.05) is 12.6 Å². The van der Waals surface area contributed by atoms with Crippen molar-refractivity contribution in [2.45, 2.75) is 57.0 Å². The topological polar surface area (TPSA) is 69.6 Å². The van der Waals surface area contributed by atoms with E-state index < -0.39 is 11.5 Å². The van der Waals surface area contributed by atoms with E-state index in [0.717, 1.165) is 37.2 Å². The maximum absolute atomic E-state index is 12.5. The summed E-state index contributed by atoms with van der Waals surface area (Å²) < 4.78 is 0. The molecule has 1 unspecified atom stereocenters. The van der Waals surface area contributed by atoms with E-state index in [9.17, 15) is 14.7 Å². The van der Waals surface area contributed by atoms with E-state index in [-0.39, 0.29) is 12.1 Å². The summed E-state index contributed by atoms with van der Waals surface area (Å²) in [5, 5.41) is 12.6. The molecule has 2 saturated heterocycles. The van der Waals surface area contributed by atoms with E-state index in [1.54, 1.807) is 4.90 Å². The lowest BCUT2D eigenvalue weighted by Gasteiger charge is -2.36. The molecule has 0 radical (unpaired) electrons. The summed E-state index contributed by atoms with van der Waals surface area (Å²) >= 11 is 1.91. The van der Waals surface area contributed by atoms with Crippen LogP contribution in [-0.2, 0) is 4.79 Å². The van der Waals surface area contributed by atoms with Gasteiger partial charge in [0.25, 0.3) is 0 Å². The van der Waals surface area contributed by atoms with Crippen LogP contribution < -0.4 is 5.32 Å². The second kappa shape index (κ2) is 6.70. The first-order valence-electron chi connectivity index (χ1n) is 7.49. The van der Waals surface area contributed by atoms with Gasteiger partial charge >= 0.3 is 12.0 Å². The Morgan fingerprint density at radius 1 is 1.40 bits per heavy atom. The number of carboxylic acid groups (broad SMARTS) is 1. The maximum atomic E-state index is 12.5. The quantitative estimate of drug-likeness (QED) is 0.836. The highest BCUT2D eigenvalue weighted by atomic mass is 32.2. The monoisotopic (exact) mass is 300 g/mol. The van der Waals surface area contributed by atoms with Gasteiger partial charge in [0.2, 0.25) is 0 Å². The van der Waals surface area contributed by atoms with Crippen molar-refractivity contribution in [2.24, 2.45) is 0 Å². The number of nitrogens with one attached hydrogen (secondary N) is 1. The Bertz CT molecular complexity index is 371. The van der Waals surface area contributed by atoms with Crippen molar-refractivity contribution >= 4 is 23.8 Å². The van der Waals surface area contributed by atoms with Gasteiger partial charge in [-0.05, 0) is 43.6 Å². The molecule has 2 N–H and O–H groups in total. The zero-order chi connectivity index (χ0) is 14.6. The predicted octanol–water partition coefficient (Wildman–Crippen LogP) is 2.31. The number of amides is 2. The van der Waals surface area contributed by atoms with Crippen molar-refractivity contribution in [1.82, 2.24) is 10.2 Å². The van der Waals surface area contributed by atoms with E-state index in [4.69, 9.17) is 0 Å². The van der Waals surface area contributed by atoms with Gasteiger partial charge in [-0.15, -0.1) is 0 Å². The Morgan fingerprint density at radius 3 is 2.70 bits per heavy atom. The van der Waals surface area contributed by atoms with Gasteiger partial charge in [0.05, 0.1) is 0 Å². The Balaban J connectivity index is 2.04. The molecule has 114 valence electrons. The number of likely N-dealkylation sites (tertiary alicyclic amines) is 1. The first-order valence-corrected chi connectivity index (χ1v) is 8.65. The molecule has 2 amide bonds. The Morgan fingerprint density at radius 2 is 2.10 bits per heavy atom. The molecule has 2 fully saturated rings. The van der Waals surface area contributed by atoms with Gasteiger partial charge in [-0.2, -0.15) is 11.8 Å². The van der Waals surface area contributed by atoms with Crippen molar-refractivity contribution in [3.63, 3.8) is 0 Å². The van der Waals surface area contributed by atoms with E-state index in [1.807, 2.05) is 18.7 Å². The van der Waals surface area contributed by atoms with Crippen LogP contribution in [-0.4, -0.2) is 51.6 Å². The van der Waals surface area contributed by atoms with Gasteiger partial charge in [-0.25, -0.2) is 9.59 Å². The molecule has 0 aromatic rings. The fourth-order valence-corrected chi connectivity index (χ4v) is 4.38. The number of aliphatic carboxylic acids is 1. The predicted molar refractivity (Wildman–Crippen MR) is 80.1 cm³/mol. The minimum absolute atomic E-state index is 0.185. The maximum Gasteiger partial charge on any atom is 0.329 e. The molecule has 0 aromatic heterocycles. The van der Waals surface area contributed by atoms with Crippen LogP contribution in [0.1, 0.15) is 45.4 Å². The van der Waals surface area contributed by atoms with Crippen LogP contribution in [0.4, 0.5) is 4.79 Å². The summed E-state index contributed by atoms with van der Waals surface area (Å²) in [6.07, 6.45) is 4.63. The lowest BCUT2D eigenvalue weighted by molar-refractivity contribution is -0.148. The van der Waals surface area contributed by atoms with Crippen LogP contribution in [0.25, 0.3) is 0 Å². The fourth-order valence-electron chi connectivity index (χ4n) is 3.27. The average molecular weight is 300 g/mol. The molecular weight excluding hydrogens is 276 g/mol. The van der Waals surface area contributed by atoms with Gasteiger partial charge in [0.1, 0.15) is 5.54 Å². The summed E-state index contributed by atoms with van der Waals surface area (Å²) in [4.78, 5) is 25.7. The SMILES string of the molecule is CCCC1(C(=O)O)CCCN1C(=O)NC1CCSCC1. The van der Waals surface area contributed by atoms with E-state index in [2.05, 4.69) is 5.32 Å². The molecular formula is C14H24N2O3S. The first-order chi connectivity index (χ1) is 9.60. The second-order valence-electron chi connectivity index (χ2n) is 5.68. The van der Waals surface area contributed by atoms with Crippen molar-refractivity contribution in [3.05, 3.63) is 0 Å². The number of nitrogens with zero attached hydrogens (tertiary/aromatic N) is 1. The molecule has 2 rings (SSSR count). The fraction of sp³-hybridized carbons (Fsp3) is 0.857. The van der Waals surface area contributed by atoms with Gasteiger partial charge < -0.3 is 15.3 Å². The molecule has 1 atom stereocenters. The number of carbonyl (C=O) groups excluding carboxylic acids is 1. The minimum atomic E-state index is -0.984. The van der Waals surface area contributed by atoms with Crippen molar-refractivity contribution in [2.75, 3.05) is 18.1 Å². The van der Waals surface area contributed by atoms with Crippen LogP contribution in [0.5, 0.6) is 0 Å². The van der Waals surface area contributed by atoms with E-state index in [0.29, 0.717) is 19.4 Å². The van der Waals surface area contributed by atoms with Crippen LogP contribution in [0.15, 0.2) is 0 Å². The molecule has 5 nitrogen and oxygen atoms in total. The molecule has 2 aliphatic rings. The Kier molecular flexibility index (Phi) is 5.18. The number of urea groups is 1. The first kappa shape index (κ1) is 15.5. The number of thioether (sulfide) groups is 1. The zero-order valence-electron chi connectivity index (χ0n) is 12.1. The van der Waals surface area contributed by atoms with Crippen molar-refractivity contribution < 1.29 is 14.7 Å². The van der Waals surface area contributed by atoms with Crippen molar-refractivity contribution in [3.8, 4) is 0 Å². The Labute approximate surface area is 124 Å². The molecule has 2 heterocycles. The second-order valence-corrected chi connectivity index (χ2v) is 6.90. The molecule has 20 heavy (non-hydrogen) atoms. The minimum Gasteiger partial charge on any atom is -0.479 e. The largest absolute Gasteiger partial charge is 0.479 e. The van der Waals surface area contributed by atoms with Crippen LogP contribution in [0.3, 0.4) is 0 Å². The highest BCUT2D eigenvalue weighted by molar-refractivity contribution is 7.99. The highest BCUT2D eigenvalue weighted by Crippen LogP contribution is 2.34. The third-order valence-electron chi connectivity index (χ3n) is 4.34. The van der Waals surface area contributed by atoms with Crippen LogP contribution in [0, 0.1) is 0 Å².